The summed E-state index contributed by atoms with van der Waals surface area (Å²) in [6, 6.07) is 8.69. The van der Waals surface area contributed by atoms with E-state index in [1.54, 1.807) is 24.2 Å². The number of carbonyl (C=O) groups excluding carboxylic acids is 1. The van der Waals surface area contributed by atoms with E-state index in [0.29, 0.717) is 18.7 Å². The van der Waals surface area contributed by atoms with Crippen molar-refractivity contribution in [1.29, 1.82) is 0 Å². The topological polar surface area (TPSA) is 86.9 Å². The van der Waals surface area contributed by atoms with Gasteiger partial charge >= 0.3 is 5.97 Å². The van der Waals surface area contributed by atoms with Crippen LogP contribution in [0.5, 0.6) is 0 Å². The lowest BCUT2D eigenvalue weighted by molar-refractivity contribution is -0.126. The number of nitrogens with zero attached hydrogens (tertiary/aromatic N) is 3. The molecule has 1 aliphatic rings. The van der Waals surface area contributed by atoms with Crippen LogP contribution in [0.1, 0.15) is 16.9 Å². The van der Waals surface area contributed by atoms with Gasteiger partial charge in [0.1, 0.15) is 0 Å². The van der Waals surface area contributed by atoms with Crippen molar-refractivity contribution in [2.45, 2.75) is 6.42 Å². The molecule has 1 aliphatic heterocycles. The van der Waals surface area contributed by atoms with Gasteiger partial charge in [0.25, 0.3) is 0 Å². The second-order valence-corrected chi connectivity index (χ2v) is 4.72. The van der Waals surface area contributed by atoms with E-state index in [0.717, 1.165) is 11.3 Å². The molecule has 0 aliphatic carbocycles. The number of aromatic carboxylic acids is 1. The van der Waals surface area contributed by atoms with Gasteiger partial charge in [0.2, 0.25) is 5.91 Å². The maximum absolute atomic E-state index is 11.5. The summed E-state index contributed by atoms with van der Waals surface area (Å²) < 4.78 is 5.01. The van der Waals surface area contributed by atoms with E-state index in [4.69, 9.17) is 9.63 Å². The summed E-state index contributed by atoms with van der Waals surface area (Å²) in [5.74, 6) is -0.649. The van der Waals surface area contributed by atoms with Crippen LogP contribution in [0.3, 0.4) is 0 Å². The second kappa shape index (κ2) is 4.93. The Balaban J connectivity index is 1.83. The van der Waals surface area contributed by atoms with E-state index in [1.807, 2.05) is 17.1 Å². The first-order valence-electron chi connectivity index (χ1n) is 6.41. The van der Waals surface area contributed by atoms with Gasteiger partial charge in [-0.25, -0.2) is 4.79 Å². The summed E-state index contributed by atoms with van der Waals surface area (Å²) in [7, 11) is 1.73. The van der Waals surface area contributed by atoms with Gasteiger partial charge in [-0.05, 0) is 24.3 Å². The van der Waals surface area contributed by atoms with E-state index < -0.39 is 5.97 Å². The maximum Gasteiger partial charge on any atom is 0.358 e. The van der Waals surface area contributed by atoms with Gasteiger partial charge in [0.15, 0.2) is 11.5 Å². The highest BCUT2D eigenvalue weighted by molar-refractivity contribution is 5.86. The number of carboxylic acid groups (broad SMARTS) is 1. The third kappa shape index (κ3) is 2.33. The molecule has 0 unspecified atom stereocenters. The first kappa shape index (κ1) is 13.2. The van der Waals surface area contributed by atoms with Crippen molar-refractivity contribution in [1.82, 2.24) is 10.2 Å². The normalized spacial score (nSPS) is 14.8. The molecule has 3 rings (SSSR count). The summed E-state index contributed by atoms with van der Waals surface area (Å²) >= 11 is 0. The minimum atomic E-state index is -1.13. The van der Waals surface area contributed by atoms with Gasteiger partial charge in [-0.3, -0.25) is 14.8 Å². The predicted molar refractivity (Wildman–Crippen MR) is 73.6 cm³/mol. The van der Waals surface area contributed by atoms with Gasteiger partial charge in [0.05, 0.1) is 5.69 Å². The number of carbonyl (C=O) groups is 2. The molecule has 0 radical (unpaired) electrons. The van der Waals surface area contributed by atoms with Gasteiger partial charge in [0, 0.05) is 31.6 Å². The smallest absolute Gasteiger partial charge is 0.358 e. The van der Waals surface area contributed by atoms with E-state index in [-0.39, 0.29) is 11.6 Å². The van der Waals surface area contributed by atoms with Crippen LogP contribution in [-0.4, -0.2) is 40.7 Å². The molecular weight excluding hydrogens is 274 g/mol. The fraction of sp³-hybridized carbons (Fsp3) is 0.214. The Labute approximate surface area is 120 Å². The van der Waals surface area contributed by atoms with E-state index >= 15 is 0 Å². The maximum atomic E-state index is 11.5. The van der Waals surface area contributed by atoms with Crippen molar-refractivity contribution >= 4 is 17.6 Å². The summed E-state index contributed by atoms with van der Waals surface area (Å²) in [6.07, 6.45) is 0.502. The molecule has 1 N–H and O–H groups in total. The van der Waals surface area contributed by atoms with Gasteiger partial charge in [-0.15, -0.1) is 0 Å². The molecule has 1 saturated heterocycles. The minimum Gasteiger partial charge on any atom is -0.476 e. The molecule has 1 fully saturated rings. The monoisotopic (exact) mass is 287 g/mol. The quantitative estimate of drug-likeness (QED) is 0.923. The summed E-state index contributed by atoms with van der Waals surface area (Å²) in [4.78, 5) is 22.3. The van der Waals surface area contributed by atoms with Crippen molar-refractivity contribution < 1.29 is 19.2 Å². The van der Waals surface area contributed by atoms with Gasteiger partial charge in [-0.2, -0.15) is 0 Å². The van der Waals surface area contributed by atoms with Crippen LogP contribution in [0.25, 0.3) is 11.3 Å². The molecule has 0 atom stereocenters. The second-order valence-electron chi connectivity index (χ2n) is 4.72. The fourth-order valence-corrected chi connectivity index (χ4v) is 2.26. The number of hydrogen-bond acceptors (Lipinski definition) is 5. The molecule has 0 bridgehead atoms. The van der Waals surface area contributed by atoms with Crippen molar-refractivity contribution in [2.24, 2.45) is 0 Å². The van der Waals surface area contributed by atoms with E-state index in [9.17, 15) is 9.59 Å². The molecule has 0 saturated carbocycles. The zero-order valence-corrected chi connectivity index (χ0v) is 11.3. The van der Waals surface area contributed by atoms with E-state index in [2.05, 4.69) is 5.16 Å². The number of anilines is 1. The van der Waals surface area contributed by atoms with Crippen LogP contribution in [0, 0.1) is 0 Å². The van der Waals surface area contributed by atoms with Crippen molar-refractivity contribution in [3.05, 3.63) is 36.0 Å². The molecule has 2 aromatic rings. The number of rotatable bonds is 3. The molecular formula is C14H13N3O4. The zero-order chi connectivity index (χ0) is 15.0. The van der Waals surface area contributed by atoms with Crippen molar-refractivity contribution in [3.8, 4) is 11.3 Å². The Kier molecular flexibility index (Phi) is 3.09. The summed E-state index contributed by atoms with van der Waals surface area (Å²) in [5.41, 5.74) is 1.50. The Morgan fingerprint density at radius 1 is 1.33 bits per heavy atom. The standard InChI is InChI=1S/C14H13N3O4/c1-16-13(18)6-7-17(16)10-4-2-9(3-5-10)12-8-11(14(19)20)15-21-12/h2-5,8H,6-7H2,1H3,(H,19,20). The number of hydrazine groups is 1. The first-order chi connectivity index (χ1) is 10.1. The van der Waals surface area contributed by atoms with Gasteiger partial charge < -0.3 is 9.63 Å². The molecule has 2 heterocycles. The average Bonchev–Trinajstić information content (AvgIpc) is 3.08. The largest absolute Gasteiger partial charge is 0.476 e. The third-order valence-electron chi connectivity index (χ3n) is 3.44. The molecule has 108 valence electrons. The van der Waals surface area contributed by atoms with Crippen LogP contribution in [-0.2, 0) is 4.79 Å². The summed E-state index contributed by atoms with van der Waals surface area (Å²) in [6.45, 7) is 0.653. The van der Waals surface area contributed by atoms with E-state index in [1.165, 1.54) is 6.07 Å². The first-order valence-corrected chi connectivity index (χ1v) is 6.41. The zero-order valence-electron chi connectivity index (χ0n) is 11.3. The number of benzene rings is 1. The fourth-order valence-electron chi connectivity index (χ4n) is 2.26. The highest BCUT2D eigenvalue weighted by Crippen LogP contribution is 2.26. The molecule has 0 spiro atoms. The number of aromatic nitrogens is 1. The molecule has 7 heteroatoms. The Bertz CT molecular complexity index is 692. The molecule has 1 aromatic heterocycles. The highest BCUT2D eigenvalue weighted by atomic mass is 16.5. The van der Waals surface area contributed by atoms with Crippen LogP contribution in [0.4, 0.5) is 5.69 Å². The lowest BCUT2D eigenvalue weighted by Crippen LogP contribution is -2.35. The number of amides is 1. The van der Waals surface area contributed by atoms with Crippen molar-refractivity contribution in [2.75, 3.05) is 18.6 Å². The Morgan fingerprint density at radius 2 is 2.05 bits per heavy atom. The highest BCUT2D eigenvalue weighted by Gasteiger charge is 2.25. The number of carboxylic acids is 1. The van der Waals surface area contributed by atoms with Crippen LogP contribution < -0.4 is 5.01 Å². The predicted octanol–water partition coefficient (Wildman–Crippen LogP) is 1.62. The Hall–Kier alpha value is -2.83. The molecule has 1 amide bonds. The number of hydrogen-bond donors (Lipinski definition) is 1. The lowest BCUT2D eigenvalue weighted by atomic mass is 10.1. The molecule has 1 aromatic carbocycles. The molecule has 21 heavy (non-hydrogen) atoms. The third-order valence-corrected chi connectivity index (χ3v) is 3.44. The van der Waals surface area contributed by atoms with Crippen molar-refractivity contribution in [3.63, 3.8) is 0 Å². The van der Waals surface area contributed by atoms with Crippen LogP contribution in [0.2, 0.25) is 0 Å². The average molecular weight is 287 g/mol. The van der Waals surface area contributed by atoms with Crippen LogP contribution >= 0.6 is 0 Å². The SMILES string of the molecule is CN1C(=O)CCN1c1ccc(-c2cc(C(=O)O)no2)cc1. The van der Waals surface area contributed by atoms with Gasteiger partial charge in [-0.1, -0.05) is 5.16 Å². The minimum absolute atomic E-state index is 0.0837. The van der Waals surface area contributed by atoms with Crippen LogP contribution in [0.15, 0.2) is 34.9 Å². The molecule has 7 nitrogen and oxygen atoms in total. The lowest BCUT2D eigenvalue weighted by Gasteiger charge is -2.26. The summed E-state index contributed by atoms with van der Waals surface area (Å²) in [5, 5.41) is 15.8. The Morgan fingerprint density at radius 3 is 2.57 bits per heavy atom.